The summed E-state index contributed by atoms with van der Waals surface area (Å²) < 4.78 is 47.3. The van der Waals surface area contributed by atoms with Crippen molar-refractivity contribution in [1.82, 2.24) is 9.62 Å². The van der Waals surface area contributed by atoms with Crippen molar-refractivity contribution in [2.45, 2.75) is 25.9 Å². The highest BCUT2D eigenvalue weighted by Crippen LogP contribution is 2.10. The maximum Gasteiger partial charge on any atom is 0.215 e. The SMILES string of the molecule is CC1CN(S(=O)(=O)CCS(C)(=O)=O)CC(C)N1.Cl. The van der Waals surface area contributed by atoms with E-state index in [1.54, 1.807) is 0 Å². The molecule has 18 heavy (non-hydrogen) atoms. The van der Waals surface area contributed by atoms with E-state index in [0.29, 0.717) is 13.1 Å². The van der Waals surface area contributed by atoms with Crippen molar-refractivity contribution in [2.24, 2.45) is 0 Å². The summed E-state index contributed by atoms with van der Waals surface area (Å²) in [7, 11) is -6.71. The Kier molecular flexibility index (Phi) is 6.55. The zero-order valence-electron chi connectivity index (χ0n) is 10.8. The van der Waals surface area contributed by atoms with Gasteiger partial charge in [-0.25, -0.2) is 16.8 Å². The Bertz CT molecular complexity index is 453. The average Bonchev–Trinajstić information content (AvgIpc) is 2.12. The molecule has 0 radical (unpaired) electrons. The molecule has 1 aliphatic rings. The van der Waals surface area contributed by atoms with Gasteiger partial charge in [0.05, 0.1) is 11.5 Å². The molecule has 1 saturated heterocycles. The van der Waals surface area contributed by atoms with E-state index in [0.717, 1.165) is 6.26 Å². The maximum atomic E-state index is 12.0. The standard InChI is InChI=1S/C9H20N2O4S2.ClH/c1-8-6-11(7-9(2)10-8)17(14,15)5-4-16(3,12)13;/h8-10H,4-7H2,1-3H3;1H. The summed E-state index contributed by atoms with van der Waals surface area (Å²) in [4.78, 5) is 0. The van der Waals surface area contributed by atoms with Crippen molar-refractivity contribution < 1.29 is 16.8 Å². The van der Waals surface area contributed by atoms with Gasteiger partial charge in [0.2, 0.25) is 10.0 Å². The monoisotopic (exact) mass is 320 g/mol. The van der Waals surface area contributed by atoms with Crippen LogP contribution in [-0.2, 0) is 19.9 Å². The smallest absolute Gasteiger partial charge is 0.215 e. The highest BCUT2D eigenvalue weighted by atomic mass is 35.5. The third-order valence-corrected chi connectivity index (χ3v) is 5.64. The van der Waals surface area contributed by atoms with E-state index in [9.17, 15) is 16.8 Å². The Morgan fingerprint density at radius 2 is 1.50 bits per heavy atom. The molecule has 2 atom stereocenters. The van der Waals surface area contributed by atoms with E-state index in [4.69, 9.17) is 0 Å². The van der Waals surface area contributed by atoms with Crippen molar-refractivity contribution in [3.05, 3.63) is 0 Å². The van der Waals surface area contributed by atoms with Crippen molar-refractivity contribution in [3.63, 3.8) is 0 Å². The molecule has 2 unspecified atom stereocenters. The fourth-order valence-corrected chi connectivity index (χ4v) is 5.10. The molecule has 1 fully saturated rings. The lowest BCUT2D eigenvalue weighted by molar-refractivity contribution is 0.263. The summed E-state index contributed by atoms with van der Waals surface area (Å²) in [6, 6.07) is 0.179. The van der Waals surface area contributed by atoms with E-state index in [2.05, 4.69) is 5.32 Å². The van der Waals surface area contributed by atoms with E-state index in [1.807, 2.05) is 13.8 Å². The van der Waals surface area contributed by atoms with Crippen LogP contribution in [0.3, 0.4) is 0 Å². The van der Waals surface area contributed by atoms with Gasteiger partial charge in [-0.1, -0.05) is 0 Å². The third kappa shape index (κ3) is 5.83. The minimum atomic E-state index is -3.47. The second-order valence-electron chi connectivity index (χ2n) is 4.73. The molecule has 1 rings (SSSR count). The first-order valence-corrected chi connectivity index (χ1v) is 9.19. The predicted octanol–water partition coefficient (Wildman–Crippen LogP) is -0.535. The van der Waals surface area contributed by atoms with Gasteiger partial charge < -0.3 is 5.32 Å². The summed E-state index contributed by atoms with van der Waals surface area (Å²) in [5.74, 6) is -0.646. The summed E-state index contributed by atoms with van der Waals surface area (Å²) in [6.07, 6.45) is 1.05. The van der Waals surface area contributed by atoms with Crippen LogP contribution in [0.1, 0.15) is 13.8 Å². The lowest BCUT2D eigenvalue weighted by Gasteiger charge is -2.35. The van der Waals surface area contributed by atoms with E-state index in [-0.39, 0.29) is 36.0 Å². The molecule has 0 amide bonds. The van der Waals surface area contributed by atoms with Crippen LogP contribution in [0.2, 0.25) is 0 Å². The Labute approximate surface area is 116 Å². The second kappa shape index (κ2) is 6.51. The van der Waals surface area contributed by atoms with E-state index in [1.165, 1.54) is 4.31 Å². The van der Waals surface area contributed by atoms with Gasteiger partial charge in [0.25, 0.3) is 0 Å². The van der Waals surface area contributed by atoms with Gasteiger partial charge >= 0.3 is 0 Å². The number of piperazine rings is 1. The summed E-state index contributed by atoms with van der Waals surface area (Å²) in [5, 5.41) is 3.23. The Morgan fingerprint density at radius 3 is 1.89 bits per heavy atom. The van der Waals surface area contributed by atoms with Crippen LogP contribution >= 0.6 is 12.4 Å². The fourth-order valence-electron chi connectivity index (χ4n) is 1.89. The van der Waals surface area contributed by atoms with Gasteiger partial charge in [-0.2, -0.15) is 4.31 Å². The highest BCUT2D eigenvalue weighted by Gasteiger charge is 2.30. The molecule has 1 heterocycles. The molecule has 6 nitrogen and oxygen atoms in total. The molecular formula is C9H21ClN2O4S2. The number of halogens is 1. The number of rotatable bonds is 4. The van der Waals surface area contributed by atoms with Gasteiger partial charge in [0, 0.05) is 31.4 Å². The van der Waals surface area contributed by atoms with E-state index >= 15 is 0 Å². The molecule has 0 saturated carbocycles. The second-order valence-corrected chi connectivity index (χ2v) is 9.08. The molecule has 110 valence electrons. The number of hydrogen-bond acceptors (Lipinski definition) is 5. The number of sulfone groups is 1. The van der Waals surface area contributed by atoms with Crippen molar-refractivity contribution >= 4 is 32.3 Å². The van der Waals surface area contributed by atoms with Crippen LogP contribution in [0.25, 0.3) is 0 Å². The first-order chi connectivity index (χ1) is 7.60. The first kappa shape index (κ1) is 18.1. The van der Waals surface area contributed by atoms with Gasteiger partial charge in [-0.15, -0.1) is 12.4 Å². The average molecular weight is 321 g/mol. The van der Waals surface area contributed by atoms with Gasteiger partial charge in [-0.05, 0) is 13.8 Å². The highest BCUT2D eigenvalue weighted by molar-refractivity contribution is 7.93. The van der Waals surface area contributed by atoms with Gasteiger partial charge in [-0.3, -0.25) is 0 Å². The number of nitrogens with zero attached hydrogens (tertiary/aromatic N) is 1. The van der Waals surface area contributed by atoms with E-state index < -0.39 is 19.9 Å². The third-order valence-electron chi connectivity index (χ3n) is 2.63. The lowest BCUT2D eigenvalue weighted by Crippen LogP contribution is -2.56. The Balaban J connectivity index is 0.00000289. The number of hydrogen-bond donors (Lipinski definition) is 1. The molecule has 0 bridgehead atoms. The molecule has 1 N–H and O–H groups in total. The molecule has 0 aromatic heterocycles. The minimum absolute atomic E-state index is 0. The zero-order valence-corrected chi connectivity index (χ0v) is 13.2. The van der Waals surface area contributed by atoms with Gasteiger partial charge in [0.15, 0.2) is 0 Å². The number of nitrogens with one attached hydrogen (secondary N) is 1. The zero-order chi connectivity index (χ0) is 13.3. The normalized spacial score (nSPS) is 26.6. The number of sulfonamides is 1. The summed E-state index contributed by atoms with van der Waals surface area (Å²) in [6.45, 7) is 4.62. The molecule has 0 aromatic carbocycles. The summed E-state index contributed by atoms with van der Waals surface area (Å²) in [5.41, 5.74) is 0. The molecule has 1 aliphatic heterocycles. The topological polar surface area (TPSA) is 83.6 Å². The lowest BCUT2D eigenvalue weighted by atomic mass is 10.2. The first-order valence-electron chi connectivity index (χ1n) is 5.52. The fraction of sp³-hybridized carbons (Fsp3) is 1.00. The van der Waals surface area contributed by atoms with Crippen LogP contribution in [0, 0.1) is 0 Å². The van der Waals surface area contributed by atoms with Crippen molar-refractivity contribution in [2.75, 3.05) is 30.9 Å². The van der Waals surface area contributed by atoms with Crippen LogP contribution in [-0.4, -0.2) is 64.1 Å². The van der Waals surface area contributed by atoms with Crippen LogP contribution in [0.5, 0.6) is 0 Å². The Morgan fingerprint density at radius 1 is 1.06 bits per heavy atom. The van der Waals surface area contributed by atoms with Crippen LogP contribution in [0.4, 0.5) is 0 Å². The predicted molar refractivity (Wildman–Crippen MR) is 74.4 cm³/mol. The summed E-state index contributed by atoms with van der Waals surface area (Å²) >= 11 is 0. The van der Waals surface area contributed by atoms with Gasteiger partial charge in [0.1, 0.15) is 9.84 Å². The maximum absolute atomic E-state index is 12.0. The molecule has 0 spiro atoms. The van der Waals surface area contributed by atoms with Crippen molar-refractivity contribution in [1.29, 1.82) is 0 Å². The largest absolute Gasteiger partial charge is 0.309 e. The van der Waals surface area contributed by atoms with Crippen LogP contribution in [0.15, 0.2) is 0 Å². The van der Waals surface area contributed by atoms with Crippen LogP contribution < -0.4 is 5.32 Å². The molecule has 0 aromatic rings. The minimum Gasteiger partial charge on any atom is -0.309 e. The van der Waals surface area contributed by atoms with Crippen molar-refractivity contribution in [3.8, 4) is 0 Å². The Hall–Kier alpha value is 0.110. The molecule has 0 aliphatic carbocycles. The molecule has 9 heteroatoms. The molecular weight excluding hydrogens is 300 g/mol. The quantitative estimate of drug-likeness (QED) is 0.752.